The van der Waals surface area contributed by atoms with E-state index in [2.05, 4.69) is 63.2 Å². The Morgan fingerprint density at radius 1 is 1.16 bits per heavy atom. The van der Waals surface area contributed by atoms with Crippen molar-refractivity contribution in [2.24, 2.45) is 5.92 Å². The van der Waals surface area contributed by atoms with Crippen LogP contribution in [0.2, 0.25) is 0 Å². The molecule has 2 aromatic carbocycles. The number of nitrogens with zero attached hydrogens (tertiary/aromatic N) is 5. The highest BCUT2D eigenvalue weighted by Crippen LogP contribution is 2.35. The molecule has 0 spiro atoms. The average Bonchev–Trinajstić information content (AvgIpc) is 3.49. The van der Waals surface area contributed by atoms with Crippen LogP contribution in [0, 0.1) is 17.2 Å². The van der Waals surface area contributed by atoms with E-state index in [1.165, 1.54) is 0 Å². The molecule has 1 aliphatic rings. The highest BCUT2D eigenvalue weighted by Gasteiger charge is 2.40. The number of aromatic nitrogens is 4. The summed E-state index contributed by atoms with van der Waals surface area (Å²) >= 11 is 0. The summed E-state index contributed by atoms with van der Waals surface area (Å²) < 4.78 is 2.10. The van der Waals surface area contributed by atoms with Crippen LogP contribution in [0.4, 0.5) is 0 Å². The van der Waals surface area contributed by atoms with Gasteiger partial charge in [-0.15, -0.1) is 5.06 Å². The first kappa shape index (κ1) is 19.3. The third-order valence-corrected chi connectivity index (χ3v) is 5.99. The Labute approximate surface area is 180 Å². The number of nitrogens with one attached hydrogen (secondary N) is 1. The first-order valence-electron chi connectivity index (χ1n) is 10.4. The summed E-state index contributed by atoms with van der Waals surface area (Å²) in [6.07, 6.45) is 6.67. The van der Waals surface area contributed by atoms with Crippen LogP contribution in [-0.4, -0.2) is 37.1 Å². The Bertz CT molecular complexity index is 1230. The predicted molar refractivity (Wildman–Crippen MR) is 118 cm³/mol. The first-order valence-corrected chi connectivity index (χ1v) is 10.4. The largest absolute Gasteiger partial charge is 0.405 e. The quantitative estimate of drug-likeness (QED) is 0.526. The van der Waals surface area contributed by atoms with Crippen molar-refractivity contribution < 1.29 is 4.84 Å². The molecule has 5 rings (SSSR count). The molecule has 7 heteroatoms. The van der Waals surface area contributed by atoms with Crippen LogP contribution in [0.25, 0.3) is 22.0 Å². The second-order valence-electron chi connectivity index (χ2n) is 8.76. The Morgan fingerprint density at radius 3 is 2.74 bits per heavy atom. The van der Waals surface area contributed by atoms with Crippen molar-refractivity contribution in [2.45, 2.75) is 32.4 Å². The fourth-order valence-corrected chi connectivity index (χ4v) is 4.42. The van der Waals surface area contributed by atoms with E-state index in [0.29, 0.717) is 11.5 Å². The zero-order valence-electron chi connectivity index (χ0n) is 17.6. The lowest BCUT2D eigenvalue weighted by molar-refractivity contribution is -0.106. The molecular formula is C24H24N6O. The van der Waals surface area contributed by atoms with Crippen LogP contribution in [-0.2, 0) is 6.54 Å². The van der Waals surface area contributed by atoms with Gasteiger partial charge in [-0.3, -0.25) is 9.78 Å². The SMILES string of the molecule is CC1(C)CC(Cn2ncc3cc(-c4cn[nH]c4)ccc32)CN1Oc1ccc(C#N)cc1. The summed E-state index contributed by atoms with van der Waals surface area (Å²) in [7, 11) is 0. The normalized spacial score (nSPS) is 18.3. The van der Waals surface area contributed by atoms with E-state index >= 15 is 0 Å². The third kappa shape index (κ3) is 3.78. The van der Waals surface area contributed by atoms with Gasteiger partial charge in [0.05, 0.1) is 35.1 Å². The molecule has 1 N–H and O–H groups in total. The number of H-pyrrole nitrogens is 1. The van der Waals surface area contributed by atoms with Crippen molar-refractivity contribution in [3.8, 4) is 22.9 Å². The minimum absolute atomic E-state index is 0.0873. The maximum absolute atomic E-state index is 8.98. The van der Waals surface area contributed by atoms with Gasteiger partial charge >= 0.3 is 0 Å². The van der Waals surface area contributed by atoms with Crippen LogP contribution >= 0.6 is 0 Å². The number of benzene rings is 2. The number of aromatic amines is 1. The van der Waals surface area contributed by atoms with Crippen molar-refractivity contribution in [2.75, 3.05) is 6.54 Å². The van der Waals surface area contributed by atoms with Crippen molar-refractivity contribution in [3.63, 3.8) is 0 Å². The molecule has 0 saturated carbocycles. The molecule has 1 atom stereocenters. The number of rotatable bonds is 5. The van der Waals surface area contributed by atoms with Gasteiger partial charge in [-0.2, -0.15) is 15.5 Å². The van der Waals surface area contributed by atoms with Gasteiger partial charge in [0.15, 0.2) is 0 Å². The molecule has 156 valence electrons. The first-order chi connectivity index (χ1) is 15.0. The predicted octanol–water partition coefficient (Wildman–Crippen LogP) is 4.39. The van der Waals surface area contributed by atoms with Crippen molar-refractivity contribution in [3.05, 3.63) is 66.6 Å². The number of hydrogen-bond donors (Lipinski definition) is 1. The van der Waals surface area contributed by atoms with Gasteiger partial charge in [0.2, 0.25) is 0 Å². The minimum Gasteiger partial charge on any atom is -0.405 e. The van der Waals surface area contributed by atoms with Crippen LogP contribution in [0.3, 0.4) is 0 Å². The smallest absolute Gasteiger partial charge is 0.147 e. The summed E-state index contributed by atoms with van der Waals surface area (Å²) in [5.41, 5.74) is 3.88. The molecule has 0 radical (unpaired) electrons. The van der Waals surface area contributed by atoms with Crippen molar-refractivity contribution >= 4 is 10.9 Å². The number of hydrogen-bond acceptors (Lipinski definition) is 5. The van der Waals surface area contributed by atoms with Crippen LogP contribution in [0.5, 0.6) is 5.75 Å². The number of nitriles is 1. The number of fused-ring (bicyclic) bond motifs is 1. The monoisotopic (exact) mass is 412 g/mol. The lowest BCUT2D eigenvalue weighted by atomic mass is 9.97. The molecule has 4 aromatic rings. The van der Waals surface area contributed by atoms with Gasteiger partial charge in [0.1, 0.15) is 5.75 Å². The Morgan fingerprint density at radius 2 is 2.00 bits per heavy atom. The third-order valence-electron chi connectivity index (χ3n) is 5.99. The van der Waals surface area contributed by atoms with Gasteiger partial charge in [0.25, 0.3) is 0 Å². The maximum atomic E-state index is 8.98. The summed E-state index contributed by atoms with van der Waals surface area (Å²) in [4.78, 5) is 6.17. The lowest BCUT2D eigenvalue weighted by Crippen LogP contribution is -2.40. The molecular weight excluding hydrogens is 388 g/mol. The molecule has 1 fully saturated rings. The Balaban J connectivity index is 1.31. The van der Waals surface area contributed by atoms with E-state index in [-0.39, 0.29) is 5.54 Å². The fraction of sp³-hybridized carbons (Fsp3) is 0.292. The molecule has 1 aliphatic heterocycles. The van der Waals surface area contributed by atoms with Crippen LogP contribution in [0.1, 0.15) is 25.8 Å². The molecule has 7 nitrogen and oxygen atoms in total. The molecule has 2 aromatic heterocycles. The van der Waals surface area contributed by atoms with Gasteiger partial charge in [-0.05, 0) is 68.1 Å². The fourth-order valence-electron chi connectivity index (χ4n) is 4.42. The van der Waals surface area contributed by atoms with Crippen molar-refractivity contribution in [1.82, 2.24) is 25.0 Å². The van der Waals surface area contributed by atoms with E-state index < -0.39 is 0 Å². The van der Waals surface area contributed by atoms with E-state index in [1.54, 1.807) is 12.1 Å². The molecule has 1 saturated heterocycles. The number of hydroxylamine groups is 2. The zero-order valence-corrected chi connectivity index (χ0v) is 17.6. The summed E-state index contributed by atoms with van der Waals surface area (Å²) in [5, 5.41) is 23.7. The van der Waals surface area contributed by atoms with Gasteiger partial charge in [-0.25, -0.2) is 0 Å². The second-order valence-corrected chi connectivity index (χ2v) is 8.76. The highest BCUT2D eigenvalue weighted by atomic mass is 16.7. The van der Waals surface area contributed by atoms with Gasteiger partial charge in [-0.1, -0.05) is 6.07 Å². The molecule has 1 unspecified atom stereocenters. The summed E-state index contributed by atoms with van der Waals surface area (Å²) in [5.74, 6) is 1.18. The van der Waals surface area contributed by atoms with Gasteiger partial charge in [0, 0.05) is 30.2 Å². The van der Waals surface area contributed by atoms with E-state index in [1.807, 2.05) is 30.7 Å². The zero-order chi connectivity index (χ0) is 21.4. The van der Waals surface area contributed by atoms with E-state index in [9.17, 15) is 0 Å². The standard InChI is InChI=1S/C24H24N6O/c1-24(2)10-18(16-30(24)31-22-6-3-17(11-25)4-7-22)15-29-23-8-5-19(9-20(23)14-28-29)21-12-26-27-13-21/h3-9,12-14,18H,10,15-16H2,1-2H3,(H,26,27). The topological polar surface area (TPSA) is 82.8 Å². The van der Waals surface area contributed by atoms with Gasteiger partial charge < -0.3 is 4.84 Å². The highest BCUT2D eigenvalue weighted by molar-refractivity contribution is 5.84. The summed E-state index contributed by atoms with van der Waals surface area (Å²) in [6, 6.07) is 15.8. The molecule has 3 heterocycles. The molecule has 0 aliphatic carbocycles. The Hall–Kier alpha value is -3.63. The maximum Gasteiger partial charge on any atom is 0.147 e. The summed E-state index contributed by atoms with van der Waals surface area (Å²) in [6.45, 7) is 6.07. The lowest BCUT2D eigenvalue weighted by Gasteiger charge is -2.30. The molecule has 31 heavy (non-hydrogen) atoms. The van der Waals surface area contributed by atoms with E-state index in [0.717, 1.165) is 47.3 Å². The second kappa shape index (κ2) is 7.56. The van der Waals surface area contributed by atoms with Crippen molar-refractivity contribution in [1.29, 1.82) is 5.26 Å². The van der Waals surface area contributed by atoms with E-state index in [4.69, 9.17) is 10.1 Å². The average molecular weight is 412 g/mol. The minimum atomic E-state index is -0.0873. The van der Waals surface area contributed by atoms with Crippen LogP contribution < -0.4 is 4.84 Å². The molecule has 0 amide bonds. The van der Waals surface area contributed by atoms with Crippen LogP contribution in [0.15, 0.2) is 61.1 Å². The molecule has 0 bridgehead atoms. The Kier molecular flexibility index (Phi) is 4.72.